The standard InChI is InChI=1S/C21H20FN5OS2/c22-17-6-2-1-5-16(17)20-26(10-11-29-20)18(28)13-30-21-25-24-19(27(21)15-7-8-15)14-4-3-9-23-12-14/h1-6,9,12,15,20H,7-8,10-11,13H2. The molecule has 1 unspecified atom stereocenters. The topological polar surface area (TPSA) is 63.9 Å². The average molecular weight is 442 g/mol. The van der Waals surface area contributed by atoms with E-state index in [0.29, 0.717) is 18.2 Å². The van der Waals surface area contributed by atoms with Gasteiger partial charge in [-0.25, -0.2) is 4.39 Å². The first-order valence-electron chi connectivity index (χ1n) is 9.86. The molecule has 1 saturated carbocycles. The van der Waals surface area contributed by atoms with Crippen molar-refractivity contribution in [2.75, 3.05) is 18.1 Å². The number of hydrogen-bond acceptors (Lipinski definition) is 6. The molecule has 2 aromatic heterocycles. The van der Waals surface area contributed by atoms with Crippen LogP contribution in [0.5, 0.6) is 0 Å². The Hall–Kier alpha value is -2.39. The molecule has 9 heteroatoms. The number of nitrogens with zero attached hydrogens (tertiary/aromatic N) is 5. The molecule has 6 nitrogen and oxygen atoms in total. The number of carbonyl (C=O) groups is 1. The molecular weight excluding hydrogens is 421 g/mol. The van der Waals surface area contributed by atoms with Crippen molar-refractivity contribution in [3.63, 3.8) is 0 Å². The van der Waals surface area contributed by atoms with Gasteiger partial charge in [0.15, 0.2) is 11.0 Å². The first-order chi connectivity index (χ1) is 14.7. The van der Waals surface area contributed by atoms with Crippen LogP contribution in [0.1, 0.15) is 29.8 Å². The Balaban J connectivity index is 1.32. The summed E-state index contributed by atoms with van der Waals surface area (Å²) in [6.45, 7) is 0.624. The first-order valence-corrected chi connectivity index (χ1v) is 11.9. The largest absolute Gasteiger partial charge is 0.325 e. The zero-order valence-corrected chi connectivity index (χ0v) is 17.8. The van der Waals surface area contributed by atoms with Crippen molar-refractivity contribution in [3.05, 3.63) is 60.2 Å². The van der Waals surface area contributed by atoms with Gasteiger partial charge in [0.05, 0.1) is 5.75 Å². The van der Waals surface area contributed by atoms with Crippen molar-refractivity contribution in [3.8, 4) is 11.4 Å². The van der Waals surface area contributed by atoms with E-state index in [9.17, 15) is 9.18 Å². The highest BCUT2D eigenvalue weighted by molar-refractivity contribution is 8.00. The molecule has 0 N–H and O–H groups in total. The molecule has 0 bridgehead atoms. The summed E-state index contributed by atoms with van der Waals surface area (Å²) >= 11 is 3.00. The Morgan fingerprint density at radius 3 is 2.83 bits per heavy atom. The van der Waals surface area contributed by atoms with Gasteiger partial charge in [0.25, 0.3) is 0 Å². The number of halogens is 1. The van der Waals surface area contributed by atoms with Crippen LogP contribution in [0, 0.1) is 5.82 Å². The monoisotopic (exact) mass is 441 g/mol. The second kappa shape index (κ2) is 8.39. The third-order valence-corrected chi connectivity index (χ3v) is 7.37. The highest BCUT2D eigenvalue weighted by Crippen LogP contribution is 2.42. The maximum absolute atomic E-state index is 14.3. The molecule has 2 fully saturated rings. The Labute approximate surface area is 182 Å². The van der Waals surface area contributed by atoms with Gasteiger partial charge in [0, 0.05) is 41.9 Å². The third-order valence-electron chi connectivity index (χ3n) is 5.20. The molecule has 154 valence electrons. The zero-order chi connectivity index (χ0) is 20.5. The van der Waals surface area contributed by atoms with Crippen LogP contribution < -0.4 is 0 Å². The summed E-state index contributed by atoms with van der Waals surface area (Å²) in [7, 11) is 0. The summed E-state index contributed by atoms with van der Waals surface area (Å²) in [6.07, 6.45) is 5.69. The van der Waals surface area contributed by atoms with E-state index >= 15 is 0 Å². The SMILES string of the molecule is O=C(CSc1nnc(-c2cccnc2)n1C1CC1)N1CCSC1c1ccccc1F. The second-order valence-corrected chi connectivity index (χ2v) is 9.40. The van der Waals surface area contributed by atoms with Gasteiger partial charge >= 0.3 is 0 Å². The predicted octanol–water partition coefficient (Wildman–Crippen LogP) is 4.18. The van der Waals surface area contributed by atoms with Gasteiger partial charge in [-0.05, 0) is 31.0 Å². The van der Waals surface area contributed by atoms with Crippen LogP contribution in [-0.2, 0) is 4.79 Å². The molecule has 1 aliphatic heterocycles. The van der Waals surface area contributed by atoms with Gasteiger partial charge in [-0.3, -0.25) is 14.3 Å². The van der Waals surface area contributed by atoms with Gasteiger partial charge in [0.2, 0.25) is 5.91 Å². The maximum atomic E-state index is 14.3. The van der Waals surface area contributed by atoms with Crippen LogP contribution in [0.15, 0.2) is 53.9 Å². The number of carbonyl (C=O) groups excluding carboxylic acids is 1. The fourth-order valence-corrected chi connectivity index (χ4v) is 5.79. The Morgan fingerprint density at radius 2 is 2.07 bits per heavy atom. The quantitative estimate of drug-likeness (QED) is 0.535. The van der Waals surface area contributed by atoms with E-state index in [1.807, 2.05) is 18.2 Å². The summed E-state index contributed by atoms with van der Waals surface area (Å²) in [4.78, 5) is 18.9. The van der Waals surface area contributed by atoms with E-state index in [4.69, 9.17) is 0 Å². The maximum Gasteiger partial charge on any atom is 0.234 e. The lowest BCUT2D eigenvalue weighted by molar-refractivity contribution is -0.128. The van der Waals surface area contributed by atoms with Crippen LogP contribution in [0.2, 0.25) is 0 Å². The summed E-state index contributed by atoms with van der Waals surface area (Å²) in [6, 6.07) is 10.9. The molecule has 1 amide bonds. The summed E-state index contributed by atoms with van der Waals surface area (Å²) < 4.78 is 16.4. The fraction of sp³-hybridized carbons (Fsp3) is 0.333. The van der Waals surface area contributed by atoms with Crippen LogP contribution >= 0.6 is 23.5 Å². The molecule has 1 aliphatic carbocycles. The molecule has 3 heterocycles. The lowest BCUT2D eigenvalue weighted by atomic mass is 10.2. The Bertz CT molecular complexity index is 1060. The van der Waals surface area contributed by atoms with Crippen molar-refractivity contribution in [2.45, 2.75) is 29.4 Å². The second-order valence-electron chi connectivity index (χ2n) is 7.27. The van der Waals surface area contributed by atoms with Crippen molar-refractivity contribution in [2.24, 2.45) is 0 Å². The molecule has 1 aromatic carbocycles. The zero-order valence-electron chi connectivity index (χ0n) is 16.1. The van der Waals surface area contributed by atoms with Crippen molar-refractivity contribution in [1.82, 2.24) is 24.6 Å². The van der Waals surface area contributed by atoms with E-state index in [2.05, 4.69) is 19.7 Å². The molecule has 2 aliphatic rings. The number of pyridine rings is 1. The van der Waals surface area contributed by atoms with Crippen molar-refractivity contribution in [1.29, 1.82) is 0 Å². The van der Waals surface area contributed by atoms with E-state index < -0.39 is 0 Å². The molecule has 3 aromatic rings. The summed E-state index contributed by atoms with van der Waals surface area (Å²) in [5.74, 6) is 1.58. The van der Waals surface area contributed by atoms with Gasteiger partial charge in [-0.15, -0.1) is 22.0 Å². The molecule has 5 rings (SSSR count). The first kappa shape index (κ1) is 19.6. The van der Waals surface area contributed by atoms with Gasteiger partial charge < -0.3 is 4.90 Å². The molecule has 0 radical (unpaired) electrons. The Morgan fingerprint density at radius 1 is 1.20 bits per heavy atom. The summed E-state index contributed by atoms with van der Waals surface area (Å²) in [5.41, 5.74) is 1.49. The molecule has 0 spiro atoms. The Kier molecular flexibility index (Phi) is 5.47. The normalized spacial score (nSPS) is 18.7. The number of benzene rings is 1. The number of thioether (sulfide) groups is 2. The van der Waals surface area contributed by atoms with Gasteiger partial charge in [0.1, 0.15) is 11.2 Å². The van der Waals surface area contributed by atoms with Crippen molar-refractivity contribution < 1.29 is 9.18 Å². The average Bonchev–Trinajstić information content (AvgIpc) is 3.33. The van der Waals surface area contributed by atoms with Gasteiger partial charge in [-0.2, -0.15) is 0 Å². The highest BCUT2D eigenvalue weighted by atomic mass is 32.2. The van der Waals surface area contributed by atoms with Crippen molar-refractivity contribution >= 4 is 29.4 Å². The number of aromatic nitrogens is 4. The predicted molar refractivity (Wildman–Crippen MR) is 116 cm³/mol. The minimum absolute atomic E-state index is 0.00784. The molecule has 30 heavy (non-hydrogen) atoms. The lowest BCUT2D eigenvalue weighted by Gasteiger charge is -2.24. The summed E-state index contributed by atoms with van der Waals surface area (Å²) in [5, 5.41) is 9.20. The van der Waals surface area contributed by atoms with E-state index in [1.54, 1.807) is 41.2 Å². The van der Waals surface area contributed by atoms with Crippen LogP contribution in [0.4, 0.5) is 4.39 Å². The van der Waals surface area contributed by atoms with Gasteiger partial charge in [-0.1, -0.05) is 30.0 Å². The minimum Gasteiger partial charge on any atom is -0.325 e. The van der Waals surface area contributed by atoms with E-state index in [0.717, 1.165) is 35.1 Å². The molecule has 1 saturated heterocycles. The molecule has 1 atom stereocenters. The lowest BCUT2D eigenvalue weighted by Crippen LogP contribution is -2.32. The highest BCUT2D eigenvalue weighted by Gasteiger charge is 2.34. The number of rotatable bonds is 6. The fourth-order valence-electron chi connectivity index (χ4n) is 3.60. The van der Waals surface area contributed by atoms with E-state index in [-0.39, 0.29) is 22.9 Å². The molecular formula is C21H20FN5OS2. The number of amides is 1. The van der Waals surface area contributed by atoms with Crippen LogP contribution in [-0.4, -0.2) is 48.6 Å². The van der Waals surface area contributed by atoms with E-state index in [1.165, 1.54) is 17.8 Å². The third kappa shape index (κ3) is 3.83. The smallest absolute Gasteiger partial charge is 0.234 e. The van der Waals surface area contributed by atoms with Crippen LogP contribution in [0.3, 0.4) is 0 Å². The number of hydrogen-bond donors (Lipinski definition) is 0. The van der Waals surface area contributed by atoms with Crippen LogP contribution in [0.25, 0.3) is 11.4 Å². The minimum atomic E-state index is -0.272.